The summed E-state index contributed by atoms with van der Waals surface area (Å²) in [4.78, 5) is 57.2. The van der Waals surface area contributed by atoms with E-state index in [0.717, 1.165) is 27.8 Å². The molecule has 3 aliphatic carbocycles. The lowest BCUT2D eigenvalue weighted by molar-refractivity contribution is -0.139. The van der Waals surface area contributed by atoms with E-state index in [9.17, 15) is 19.2 Å². The number of benzene rings is 4. The number of ether oxygens (including phenoxy) is 1. The molecule has 0 spiro atoms. The summed E-state index contributed by atoms with van der Waals surface area (Å²) in [6, 6.07) is 26.6. The molecule has 3 amide bonds. The number of carbonyl (C=O) groups excluding carboxylic acids is 4. The summed E-state index contributed by atoms with van der Waals surface area (Å²) >= 11 is 6.26. The third-order valence-electron chi connectivity index (χ3n) is 10.1. The number of carbonyl (C=O) groups is 4. The highest BCUT2D eigenvalue weighted by Gasteiger charge is 2.61. The van der Waals surface area contributed by atoms with Crippen molar-refractivity contribution in [2.75, 3.05) is 16.3 Å². The van der Waals surface area contributed by atoms with Crippen molar-refractivity contribution < 1.29 is 23.9 Å². The SMILES string of the molecule is Cc1cc(OC(=O)[C@H]2CC(=O)N(c3cccc(Cl)c3C)C2)ccc1N1C(=O)[C@@H]2C3c4ccccc4C(c4ccccc43)[C@@H]2C1=O. The van der Waals surface area contributed by atoms with E-state index in [2.05, 4.69) is 24.3 Å². The minimum absolute atomic E-state index is 0.0362. The molecule has 5 aliphatic rings. The Hall–Kier alpha value is -4.75. The van der Waals surface area contributed by atoms with Gasteiger partial charge in [0.05, 0.1) is 23.4 Å². The molecule has 4 aromatic carbocycles. The molecular formula is C37H29ClN2O5. The predicted octanol–water partition coefficient (Wildman–Crippen LogP) is 6.31. The molecule has 2 bridgehead atoms. The highest BCUT2D eigenvalue weighted by molar-refractivity contribution is 6.31. The van der Waals surface area contributed by atoms with Gasteiger partial charge in [-0.2, -0.15) is 0 Å². The van der Waals surface area contributed by atoms with Gasteiger partial charge in [0.1, 0.15) is 5.75 Å². The van der Waals surface area contributed by atoms with Crippen molar-refractivity contribution in [3.8, 4) is 5.75 Å². The number of aryl methyl sites for hydroxylation is 1. The van der Waals surface area contributed by atoms with Gasteiger partial charge in [-0.05, 0) is 77.6 Å². The number of esters is 1. The lowest BCUT2D eigenvalue weighted by Gasteiger charge is -2.45. The molecule has 0 aromatic heterocycles. The molecule has 2 saturated heterocycles. The molecule has 0 saturated carbocycles. The van der Waals surface area contributed by atoms with Crippen LogP contribution in [0.15, 0.2) is 84.9 Å². The smallest absolute Gasteiger partial charge is 0.316 e. The maximum absolute atomic E-state index is 14.1. The summed E-state index contributed by atoms with van der Waals surface area (Å²) in [6.07, 6.45) is 0.0362. The van der Waals surface area contributed by atoms with E-state index in [4.69, 9.17) is 16.3 Å². The summed E-state index contributed by atoms with van der Waals surface area (Å²) in [5.41, 5.74) is 7.09. The second-order valence-electron chi connectivity index (χ2n) is 12.4. The Kier molecular flexibility index (Phi) is 6.26. The minimum atomic E-state index is -0.639. The highest BCUT2D eigenvalue weighted by atomic mass is 35.5. The van der Waals surface area contributed by atoms with Crippen molar-refractivity contribution >= 4 is 46.7 Å². The lowest BCUT2D eigenvalue weighted by Crippen LogP contribution is -2.41. The van der Waals surface area contributed by atoms with E-state index in [1.807, 2.05) is 37.3 Å². The van der Waals surface area contributed by atoms with Crippen molar-refractivity contribution in [1.29, 1.82) is 0 Å². The van der Waals surface area contributed by atoms with Gasteiger partial charge in [-0.3, -0.25) is 19.2 Å². The first kappa shape index (κ1) is 27.8. The van der Waals surface area contributed by atoms with E-state index in [0.29, 0.717) is 27.7 Å². The normalized spacial score (nSPS) is 24.5. The number of halogens is 1. The summed E-state index contributed by atoms with van der Waals surface area (Å²) in [5, 5.41) is 0.554. The third-order valence-corrected chi connectivity index (χ3v) is 10.5. The van der Waals surface area contributed by atoms with E-state index in [1.54, 1.807) is 42.2 Å². The van der Waals surface area contributed by atoms with Crippen LogP contribution in [-0.4, -0.2) is 30.2 Å². The quantitative estimate of drug-likeness (QED) is 0.152. The van der Waals surface area contributed by atoms with Gasteiger partial charge in [0, 0.05) is 35.5 Å². The Morgan fingerprint density at radius 3 is 1.89 bits per heavy atom. The Morgan fingerprint density at radius 2 is 1.33 bits per heavy atom. The van der Waals surface area contributed by atoms with Crippen LogP contribution < -0.4 is 14.5 Å². The van der Waals surface area contributed by atoms with Crippen molar-refractivity contribution in [2.45, 2.75) is 32.1 Å². The first-order valence-corrected chi connectivity index (χ1v) is 15.6. The van der Waals surface area contributed by atoms with Crippen LogP contribution in [0.4, 0.5) is 11.4 Å². The Labute approximate surface area is 265 Å². The van der Waals surface area contributed by atoms with Crippen LogP contribution in [0.25, 0.3) is 0 Å². The van der Waals surface area contributed by atoms with Crippen LogP contribution in [0.1, 0.15) is 51.6 Å². The first-order valence-electron chi connectivity index (χ1n) is 15.2. The van der Waals surface area contributed by atoms with Gasteiger partial charge in [0.25, 0.3) is 0 Å². The summed E-state index contributed by atoms with van der Waals surface area (Å²) in [7, 11) is 0. The van der Waals surface area contributed by atoms with E-state index < -0.39 is 23.7 Å². The van der Waals surface area contributed by atoms with Crippen molar-refractivity contribution in [2.24, 2.45) is 17.8 Å². The molecule has 4 aromatic rings. The van der Waals surface area contributed by atoms with Crippen LogP contribution in [0.5, 0.6) is 5.75 Å². The van der Waals surface area contributed by atoms with E-state index >= 15 is 0 Å². The zero-order valence-corrected chi connectivity index (χ0v) is 25.5. The van der Waals surface area contributed by atoms with Gasteiger partial charge in [-0.15, -0.1) is 0 Å². The number of hydrogen-bond donors (Lipinski definition) is 0. The fourth-order valence-electron chi connectivity index (χ4n) is 8.04. The molecule has 0 radical (unpaired) electrons. The van der Waals surface area contributed by atoms with Crippen LogP contribution in [0.3, 0.4) is 0 Å². The maximum atomic E-state index is 14.1. The van der Waals surface area contributed by atoms with E-state index in [-0.39, 0.29) is 42.5 Å². The van der Waals surface area contributed by atoms with Crippen LogP contribution in [0.2, 0.25) is 5.02 Å². The predicted molar refractivity (Wildman–Crippen MR) is 170 cm³/mol. The molecule has 2 heterocycles. The molecule has 9 rings (SSSR count). The fraction of sp³-hybridized carbons (Fsp3) is 0.243. The second kappa shape index (κ2) is 10.1. The number of imide groups is 1. The average molecular weight is 617 g/mol. The Bertz CT molecular complexity index is 1850. The van der Waals surface area contributed by atoms with Crippen LogP contribution in [0, 0.1) is 31.6 Å². The van der Waals surface area contributed by atoms with Gasteiger partial charge in [-0.1, -0.05) is 66.2 Å². The largest absolute Gasteiger partial charge is 0.426 e. The van der Waals surface area contributed by atoms with Crippen molar-refractivity contribution in [1.82, 2.24) is 0 Å². The summed E-state index contributed by atoms with van der Waals surface area (Å²) in [6.45, 7) is 3.84. The molecular weight excluding hydrogens is 588 g/mol. The third kappa shape index (κ3) is 4.03. The van der Waals surface area contributed by atoms with Crippen molar-refractivity contribution in [3.05, 3.63) is 123 Å². The molecule has 2 aliphatic heterocycles. The highest BCUT2D eigenvalue weighted by Crippen LogP contribution is 2.61. The van der Waals surface area contributed by atoms with Gasteiger partial charge >= 0.3 is 5.97 Å². The van der Waals surface area contributed by atoms with Crippen LogP contribution >= 0.6 is 11.6 Å². The summed E-state index contributed by atoms with van der Waals surface area (Å²) in [5.74, 6) is -2.73. The number of amides is 3. The Balaban J connectivity index is 1.04. The topological polar surface area (TPSA) is 84.0 Å². The average Bonchev–Trinajstić information content (AvgIpc) is 3.55. The molecule has 224 valence electrons. The van der Waals surface area contributed by atoms with E-state index in [1.165, 1.54) is 4.90 Å². The number of rotatable bonds is 4. The van der Waals surface area contributed by atoms with Gasteiger partial charge < -0.3 is 9.64 Å². The van der Waals surface area contributed by atoms with Crippen molar-refractivity contribution in [3.63, 3.8) is 0 Å². The van der Waals surface area contributed by atoms with Gasteiger partial charge in [0.2, 0.25) is 17.7 Å². The van der Waals surface area contributed by atoms with Crippen LogP contribution in [-0.2, 0) is 19.2 Å². The monoisotopic (exact) mass is 616 g/mol. The lowest BCUT2D eigenvalue weighted by atomic mass is 9.55. The molecule has 3 atom stereocenters. The second-order valence-corrected chi connectivity index (χ2v) is 12.8. The molecule has 7 nitrogen and oxygen atoms in total. The molecule has 2 fully saturated rings. The van der Waals surface area contributed by atoms with Gasteiger partial charge in [-0.25, -0.2) is 4.90 Å². The number of nitrogens with zero attached hydrogens (tertiary/aromatic N) is 2. The molecule has 0 N–H and O–H groups in total. The molecule has 45 heavy (non-hydrogen) atoms. The number of hydrogen-bond acceptors (Lipinski definition) is 5. The zero-order chi connectivity index (χ0) is 31.1. The first-order chi connectivity index (χ1) is 21.7. The summed E-state index contributed by atoms with van der Waals surface area (Å²) < 4.78 is 5.73. The zero-order valence-electron chi connectivity index (χ0n) is 24.7. The minimum Gasteiger partial charge on any atom is -0.426 e. The Morgan fingerprint density at radius 1 is 0.756 bits per heavy atom. The van der Waals surface area contributed by atoms with Gasteiger partial charge in [0.15, 0.2) is 0 Å². The molecule has 8 heteroatoms. The number of anilines is 2. The molecule has 0 unspecified atom stereocenters. The fourth-order valence-corrected chi connectivity index (χ4v) is 8.21. The standard InChI is InChI=1S/C37H29ClN2O5/c1-19-16-22(45-37(44)21-17-30(41)39(18-21)29-13-7-12-27(38)20(29)2)14-15-28(19)40-35(42)33-31-23-8-3-4-9-24(23)32(34(33)36(40)43)26-11-6-5-10-25(26)31/h3-16,21,31-34H,17-18H2,1-2H3/t21-,31?,32?,33-,34+/m0/s1. The maximum Gasteiger partial charge on any atom is 0.316 e.